The Balaban J connectivity index is 0.000000630. The molecular weight excluding hydrogens is 466 g/mol. The van der Waals surface area contributed by atoms with Crippen LogP contribution in [-0.2, 0) is 6.54 Å². The van der Waals surface area contributed by atoms with Crippen molar-refractivity contribution in [2.24, 2.45) is 0 Å². The molecule has 1 N–H and O–H groups in total. The third-order valence-corrected chi connectivity index (χ3v) is 4.70. The quantitative estimate of drug-likeness (QED) is 0.407. The molecular formula is C24H27BrF2N2O2. The van der Waals surface area contributed by atoms with E-state index in [0.29, 0.717) is 17.3 Å². The van der Waals surface area contributed by atoms with Gasteiger partial charge in [0.1, 0.15) is 17.5 Å². The van der Waals surface area contributed by atoms with Crippen molar-refractivity contribution in [3.63, 3.8) is 0 Å². The lowest BCUT2D eigenvalue weighted by molar-refractivity contribution is 0.174. The smallest absolute Gasteiger partial charge is 0.231 e. The van der Waals surface area contributed by atoms with Gasteiger partial charge in [-0.15, -0.1) is 0 Å². The van der Waals surface area contributed by atoms with Crippen molar-refractivity contribution in [1.29, 1.82) is 0 Å². The summed E-state index contributed by atoms with van der Waals surface area (Å²) >= 11 is 3.52. The van der Waals surface area contributed by atoms with Gasteiger partial charge in [-0.1, -0.05) is 56.1 Å². The number of anilines is 1. The van der Waals surface area contributed by atoms with E-state index in [1.807, 2.05) is 32.0 Å². The lowest BCUT2D eigenvalue weighted by Gasteiger charge is -2.10. The molecule has 31 heavy (non-hydrogen) atoms. The Kier molecular flexibility index (Phi) is 9.72. The number of pyridine rings is 1. The predicted molar refractivity (Wildman–Crippen MR) is 124 cm³/mol. The first-order valence-electron chi connectivity index (χ1n) is 10.3. The molecule has 0 radical (unpaired) electrons. The predicted octanol–water partition coefficient (Wildman–Crippen LogP) is 7.57. The van der Waals surface area contributed by atoms with Crippen LogP contribution in [0.1, 0.15) is 39.7 Å². The Morgan fingerprint density at radius 2 is 1.61 bits per heavy atom. The van der Waals surface area contributed by atoms with Crippen LogP contribution in [0.3, 0.4) is 0 Å². The van der Waals surface area contributed by atoms with Crippen molar-refractivity contribution in [2.75, 3.05) is 12.1 Å². The number of ether oxygens (including phenoxy) is 2. The minimum Gasteiger partial charge on any atom is -0.454 e. The maximum atomic E-state index is 13.7. The van der Waals surface area contributed by atoms with Crippen LogP contribution < -0.4 is 14.8 Å². The van der Waals surface area contributed by atoms with E-state index in [4.69, 9.17) is 9.47 Å². The fraction of sp³-hybridized carbons (Fsp3) is 0.292. The monoisotopic (exact) mass is 492 g/mol. The maximum Gasteiger partial charge on any atom is 0.231 e. The summed E-state index contributed by atoms with van der Waals surface area (Å²) in [5.74, 6) is 0.726. The van der Waals surface area contributed by atoms with E-state index in [0.717, 1.165) is 15.6 Å². The molecule has 0 spiro atoms. The van der Waals surface area contributed by atoms with Gasteiger partial charge in [0.15, 0.2) is 11.5 Å². The number of hydrogen-bond acceptors (Lipinski definition) is 4. The van der Waals surface area contributed by atoms with E-state index in [2.05, 4.69) is 40.1 Å². The number of nitrogens with one attached hydrogen (secondary N) is 1. The average Bonchev–Trinajstić information content (AvgIpc) is 3.22. The summed E-state index contributed by atoms with van der Waals surface area (Å²) in [7, 11) is 0. The van der Waals surface area contributed by atoms with Crippen molar-refractivity contribution in [2.45, 2.75) is 40.7 Å². The molecule has 3 aromatic rings. The van der Waals surface area contributed by atoms with E-state index >= 15 is 0 Å². The molecule has 0 unspecified atom stereocenters. The zero-order valence-corrected chi connectivity index (χ0v) is 19.7. The van der Waals surface area contributed by atoms with Crippen LogP contribution in [0, 0.1) is 11.6 Å². The summed E-state index contributed by atoms with van der Waals surface area (Å²) in [4.78, 5) is 4.32. The molecule has 0 fully saturated rings. The molecule has 7 heteroatoms. The minimum atomic E-state index is -0.585. The number of halogens is 3. The second-order valence-electron chi connectivity index (χ2n) is 6.38. The first kappa shape index (κ1) is 24.6. The topological polar surface area (TPSA) is 43.4 Å². The molecule has 0 saturated carbocycles. The molecule has 0 aliphatic carbocycles. The summed E-state index contributed by atoms with van der Waals surface area (Å²) < 4.78 is 38.9. The van der Waals surface area contributed by atoms with Gasteiger partial charge < -0.3 is 14.8 Å². The molecule has 1 aliphatic heterocycles. The molecule has 1 aromatic heterocycles. The number of rotatable bonds is 4. The van der Waals surface area contributed by atoms with E-state index in [1.54, 1.807) is 12.3 Å². The summed E-state index contributed by atoms with van der Waals surface area (Å²) in [5.41, 5.74) is 1.77. The minimum absolute atomic E-state index is 0.0125. The molecule has 1 aliphatic rings. The number of aromatic nitrogens is 1. The van der Waals surface area contributed by atoms with Crippen LogP contribution >= 0.6 is 15.9 Å². The van der Waals surface area contributed by atoms with E-state index in [9.17, 15) is 8.78 Å². The first-order chi connectivity index (χ1) is 15.0. The summed E-state index contributed by atoms with van der Waals surface area (Å²) in [5, 5.41) is 2.93. The van der Waals surface area contributed by atoms with Gasteiger partial charge in [0, 0.05) is 33.9 Å². The number of fused-ring (bicyclic) bond motifs is 1. The van der Waals surface area contributed by atoms with Crippen LogP contribution in [0.2, 0.25) is 0 Å². The number of benzene rings is 2. The van der Waals surface area contributed by atoms with Crippen LogP contribution in [0.25, 0.3) is 11.1 Å². The van der Waals surface area contributed by atoms with E-state index in [1.165, 1.54) is 24.6 Å². The van der Waals surface area contributed by atoms with Crippen molar-refractivity contribution >= 4 is 21.7 Å². The normalized spacial score (nSPS) is 11.1. The summed E-state index contributed by atoms with van der Waals surface area (Å²) in [6.45, 7) is 8.47. The molecule has 0 bridgehead atoms. The Bertz CT molecular complexity index is 962. The van der Waals surface area contributed by atoms with Gasteiger partial charge in [-0.3, -0.25) is 0 Å². The van der Waals surface area contributed by atoms with Gasteiger partial charge in [-0.05, 0) is 36.4 Å². The van der Waals surface area contributed by atoms with Crippen molar-refractivity contribution in [3.05, 3.63) is 70.3 Å². The highest BCUT2D eigenvalue weighted by atomic mass is 79.9. The highest BCUT2D eigenvalue weighted by Crippen LogP contribution is 2.41. The van der Waals surface area contributed by atoms with Gasteiger partial charge in [0.2, 0.25) is 6.79 Å². The zero-order chi connectivity index (χ0) is 22.8. The Morgan fingerprint density at radius 1 is 1.00 bits per heavy atom. The van der Waals surface area contributed by atoms with Crippen molar-refractivity contribution in [3.8, 4) is 22.6 Å². The van der Waals surface area contributed by atoms with E-state index in [-0.39, 0.29) is 18.9 Å². The van der Waals surface area contributed by atoms with Gasteiger partial charge in [0.25, 0.3) is 0 Å². The molecule has 4 nitrogen and oxygen atoms in total. The van der Waals surface area contributed by atoms with Crippen LogP contribution in [-0.4, -0.2) is 11.8 Å². The third-order valence-electron chi connectivity index (χ3n) is 4.04. The molecule has 2 heterocycles. The second kappa shape index (κ2) is 12.2. The number of hydrogen-bond donors (Lipinski definition) is 1. The van der Waals surface area contributed by atoms with Crippen molar-refractivity contribution in [1.82, 2.24) is 4.98 Å². The van der Waals surface area contributed by atoms with Crippen molar-refractivity contribution < 1.29 is 18.3 Å². The molecule has 0 atom stereocenters. The lowest BCUT2D eigenvalue weighted by atomic mass is 10.1. The molecule has 0 saturated heterocycles. The SMILES string of the molecule is CC.CCC.Fc1cccc(F)c1CNc1ccc(-c2cc3c(cc2Br)OCO3)cn1. The lowest BCUT2D eigenvalue weighted by Crippen LogP contribution is -2.05. The standard InChI is InChI=1S/C19H13BrF2N2O2.C3H8.C2H6/c20-14-7-18-17(25-10-26-18)6-12(14)11-4-5-19(23-8-11)24-9-13-15(21)2-1-3-16(13)22;1-3-2;1-2/h1-8H,9-10H2,(H,23,24);3H2,1-2H3;1-2H3. The Labute approximate surface area is 190 Å². The van der Waals surface area contributed by atoms with Crippen LogP contribution in [0.5, 0.6) is 11.5 Å². The van der Waals surface area contributed by atoms with Gasteiger partial charge in [-0.2, -0.15) is 0 Å². The van der Waals surface area contributed by atoms with Crippen LogP contribution in [0.4, 0.5) is 14.6 Å². The third kappa shape index (κ3) is 6.40. The Morgan fingerprint density at radius 3 is 2.19 bits per heavy atom. The van der Waals surface area contributed by atoms with Crippen LogP contribution in [0.15, 0.2) is 53.1 Å². The van der Waals surface area contributed by atoms with Gasteiger partial charge in [0.05, 0.1) is 0 Å². The molecule has 166 valence electrons. The van der Waals surface area contributed by atoms with Gasteiger partial charge >= 0.3 is 0 Å². The van der Waals surface area contributed by atoms with Gasteiger partial charge in [-0.25, -0.2) is 13.8 Å². The molecule has 2 aromatic carbocycles. The fourth-order valence-corrected chi connectivity index (χ4v) is 3.23. The van der Waals surface area contributed by atoms with E-state index < -0.39 is 11.6 Å². The second-order valence-corrected chi connectivity index (χ2v) is 7.23. The fourth-order valence-electron chi connectivity index (χ4n) is 2.68. The largest absolute Gasteiger partial charge is 0.454 e. The maximum absolute atomic E-state index is 13.7. The molecule has 4 rings (SSSR count). The highest BCUT2D eigenvalue weighted by molar-refractivity contribution is 9.10. The number of nitrogens with zero attached hydrogens (tertiary/aromatic N) is 1. The summed E-state index contributed by atoms with van der Waals surface area (Å²) in [6.07, 6.45) is 2.93. The first-order valence-corrected chi connectivity index (χ1v) is 11.0. The average molecular weight is 493 g/mol. The summed E-state index contributed by atoms with van der Waals surface area (Å²) in [6, 6.07) is 11.2. The zero-order valence-electron chi connectivity index (χ0n) is 18.1. The highest BCUT2D eigenvalue weighted by Gasteiger charge is 2.17. The Hall–Kier alpha value is -2.67. The molecule has 0 amide bonds.